The number of halogens is 2. The van der Waals surface area contributed by atoms with E-state index in [1.54, 1.807) is 25.4 Å². The van der Waals surface area contributed by atoms with Crippen LogP contribution in [0, 0.1) is 5.82 Å². The highest BCUT2D eigenvalue weighted by Crippen LogP contribution is 2.20. The van der Waals surface area contributed by atoms with Gasteiger partial charge in [-0.3, -0.25) is 4.79 Å². The summed E-state index contributed by atoms with van der Waals surface area (Å²) in [6.45, 7) is 5.87. The highest BCUT2D eigenvalue weighted by Gasteiger charge is 2.19. The fraction of sp³-hybridized carbons (Fsp3) is 0.375. The summed E-state index contributed by atoms with van der Waals surface area (Å²) in [6, 6.07) is 4.03. The Balaban J connectivity index is 2.07. The SMILES string of the molecule is CC(C)c1nccn1[C@@H](C)C(=O)NCc1c(F)cccc1Cl. The van der Waals surface area contributed by atoms with Crippen LogP contribution in [0.4, 0.5) is 4.39 Å². The van der Waals surface area contributed by atoms with Crippen LogP contribution in [0.1, 0.15) is 44.1 Å². The molecule has 1 N–H and O–H groups in total. The van der Waals surface area contributed by atoms with Gasteiger partial charge in [0.15, 0.2) is 0 Å². The Morgan fingerprint density at radius 3 is 2.77 bits per heavy atom. The van der Waals surface area contributed by atoms with Crippen LogP contribution in [-0.4, -0.2) is 15.5 Å². The maximum absolute atomic E-state index is 13.7. The lowest BCUT2D eigenvalue weighted by molar-refractivity contribution is -0.124. The van der Waals surface area contributed by atoms with Gasteiger partial charge in [-0.2, -0.15) is 0 Å². The fourth-order valence-electron chi connectivity index (χ4n) is 2.25. The molecule has 22 heavy (non-hydrogen) atoms. The number of imidazole rings is 1. The van der Waals surface area contributed by atoms with Crippen molar-refractivity contribution >= 4 is 17.5 Å². The summed E-state index contributed by atoms with van der Waals surface area (Å²) in [7, 11) is 0. The number of amides is 1. The molecule has 0 aliphatic rings. The maximum atomic E-state index is 13.7. The van der Waals surface area contributed by atoms with Crippen LogP contribution in [0.15, 0.2) is 30.6 Å². The number of carbonyl (C=O) groups excluding carboxylic acids is 1. The van der Waals surface area contributed by atoms with E-state index in [1.807, 2.05) is 18.4 Å². The van der Waals surface area contributed by atoms with Crippen LogP contribution < -0.4 is 5.32 Å². The summed E-state index contributed by atoms with van der Waals surface area (Å²) < 4.78 is 15.5. The van der Waals surface area contributed by atoms with Crippen molar-refractivity contribution in [3.05, 3.63) is 52.8 Å². The summed E-state index contributed by atoms with van der Waals surface area (Å²) in [4.78, 5) is 16.6. The number of nitrogens with zero attached hydrogens (tertiary/aromatic N) is 2. The van der Waals surface area contributed by atoms with Crippen LogP contribution in [0.5, 0.6) is 0 Å². The number of nitrogens with one attached hydrogen (secondary N) is 1. The van der Waals surface area contributed by atoms with E-state index in [0.29, 0.717) is 10.6 Å². The molecule has 0 spiro atoms. The topological polar surface area (TPSA) is 46.9 Å². The van der Waals surface area contributed by atoms with Gasteiger partial charge in [0.1, 0.15) is 17.7 Å². The molecule has 0 saturated heterocycles. The first-order valence-corrected chi connectivity index (χ1v) is 7.53. The highest BCUT2D eigenvalue weighted by atomic mass is 35.5. The van der Waals surface area contributed by atoms with E-state index >= 15 is 0 Å². The summed E-state index contributed by atoms with van der Waals surface area (Å²) in [5.41, 5.74) is 0.291. The second kappa shape index (κ2) is 6.92. The number of carbonyl (C=O) groups is 1. The molecule has 0 saturated carbocycles. The standard InChI is InChI=1S/C16H19ClFN3O/c1-10(2)15-19-7-8-21(15)11(3)16(22)20-9-12-13(17)5-4-6-14(12)18/h4-8,10-11H,9H2,1-3H3,(H,20,22)/t11-/m0/s1. The van der Waals surface area contributed by atoms with E-state index in [9.17, 15) is 9.18 Å². The zero-order valence-corrected chi connectivity index (χ0v) is 13.6. The predicted molar refractivity (Wildman–Crippen MR) is 84.3 cm³/mol. The molecule has 0 fully saturated rings. The van der Waals surface area contributed by atoms with Crippen LogP contribution in [-0.2, 0) is 11.3 Å². The Bertz CT molecular complexity index is 649. The average molecular weight is 324 g/mol. The third kappa shape index (κ3) is 3.47. The summed E-state index contributed by atoms with van der Waals surface area (Å²) in [6.07, 6.45) is 3.45. The number of rotatable bonds is 5. The van der Waals surface area contributed by atoms with Gasteiger partial charge in [-0.05, 0) is 19.1 Å². The van der Waals surface area contributed by atoms with Crippen molar-refractivity contribution in [2.45, 2.75) is 39.3 Å². The lowest BCUT2D eigenvalue weighted by atomic mass is 10.2. The number of hydrogen-bond acceptors (Lipinski definition) is 2. The number of hydrogen-bond donors (Lipinski definition) is 1. The Morgan fingerprint density at radius 1 is 1.41 bits per heavy atom. The van der Waals surface area contributed by atoms with Crippen molar-refractivity contribution in [3.63, 3.8) is 0 Å². The van der Waals surface area contributed by atoms with Gasteiger partial charge >= 0.3 is 0 Å². The minimum atomic E-state index is -0.426. The van der Waals surface area contributed by atoms with Gasteiger partial charge < -0.3 is 9.88 Å². The van der Waals surface area contributed by atoms with Gasteiger partial charge in [-0.15, -0.1) is 0 Å². The Morgan fingerprint density at radius 2 is 2.14 bits per heavy atom. The predicted octanol–water partition coefficient (Wildman–Crippen LogP) is 3.68. The van der Waals surface area contributed by atoms with Gasteiger partial charge in [0.2, 0.25) is 5.91 Å². The molecule has 0 aliphatic carbocycles. The van der Waals surface area contributed by atoms with Crippen molar-refractivity contribution in [2.75, 3.05) is 0 Å². The van der Waals surface area contributed by atoms with Crippen molar-refractivity contribution < 1.29 is 9.18 Å². The second-order valence-corrected chi connectivity index (χ2v) is 5.85. The molecule has 1 heterocycles. The van der Waals surface area contributed by atoms with E-state index < -0.39 is 11.9 Å². The Kier molecular flexibility index (Phi) is 5.19. The quantitative estimate of drug-likeness (QED) is 0.912. The highest BCUT2D eigenvalue weighted by molar-refractivity contribution is 6.31. The smallest absolute Gasteiger partial charge is 0.243 e. The number of benzene rings is 1. The lowest BCUT2D eigenvalue weighted by Gasteiger charge is -2.18. The molecule has 1 aromatic heterocycles. The molecular weight excluding hydrogens is 305 g/mol. The Labute approximate surface area is 134 Å². The summed E-state index contributed by atoms with van der Waals surface area (Å²) >= 11 is 5.95. The Hall–Kier alpha value is -1.88. The van der Waals surface area contributed by atoms with Crippen molar-refractivity contribution in [1.82, 2.24) is 14.9 Å². The van der Waals surface area contributed by atoms with Gasteiger partial charge in [-0.25, -0.2) is 9.37 Å². The van der Waals surface area contributed by atoms with Crippen molar-refractivity contribution in [1.29, 1.82) is 0 Å². The van der Waals surface area contributed by atoms with Crippen molar-refractivity contribution in [2.24, 2.45) is 0 Å². The molecule has 0 aliphatic heterocycles. The third-order valence-corrected chi connectivity index (χ3v) is 3.87. The van der Waals surface area contributed by atoms with Crippen LogP contribution in [0.3, 0.4) is 0 Å². The first-order valence-electron chi connectivity index (χ1n) is 7.15. The van der Waals surface area contributed by atoms with E-state index in [1.165, 1.54) is 12.1 Å². The normalized spacial score (nSPS) is 12.5. The minimum absolute atomic E-state index is 0.0559. The molecule has 0 radical (unpaired) electrons. The fourth-order valence-corrected chi connectivity index (χ4v) is 2.48. The molecular formula is C16H19ClFN3O. The zero-order valence-electron chi connectivity index (χ0n) is 12.8. The molecule has 1 aromatic carbocycles. The molecule has 0 unspecified atom stereocenters. The monoisotopic (exact) mass is 323 g/mol. The third-order valence-electron chi connectivity index (χ3n) is 3.51. The second-order valence-electron chi connectivity index (χ2n) is 5.44. The molecule has 2 rings (SSSR count). The van der Waals surface area contributed by atoms with Crippen LogP contribution in [0.25, 0.3) is 0 Å². The minimum Gasteiger partial charge on any atom is -0.350 e. The summed E-state index contributed by atoms with van der Waals surface area (Å²) in [5, 5.41) is 3.03. The zero-order chi connectivity index (χ0) is 16.3. The van der Waals surface area contributed by atoms with E-state index in [0.717, 1.165) is 5.82 Å². The molecule has 2 aromatic rings. The summed E-state index contributed by atoms with van der Waals surface area (Å²) in [5.74, 6) is 0.419. The van der Waals surface area contributed by atoms with Crippen molar-refractivity contribution in [3.8, 4) is 0 Å². The lowest BCUT2D eigenvalue weighted by Crippen LogP contribution is -2.31. The van der Waals surface area contributed by atoms with E-state index in [-0.39, 0.29) is 18.4 Å². The van der Waals surface area contributed by atoms with E-state index in [4.69, 9.17) is 11.6 Å². The largest absolute Gasteiger partial charge is 0.350 e. The molecule has 118 valence electrons. The van der Waals surface area contributed by atoms with Gasteiger partial charge in [0.05, 0.1) is 0 Å². The van der Waals surface area contributed by atoms with Gasteiger partial charge in [-0.1, -0.05) is 31.5 Å². The number of aromatic nitrogens is 2. The van der Waals surface area contributed by atoms with E-state index in [2.05, 4.69) is 10.3 Å². The molecule has 6 heteroatoms. The molecule has 0 bridgehead atoms. The average Bonchev–Trinajstić information content (AvgIpc) is 2.95. The molecule has 1 amide bonds. The van der Waals surface area contributed by atoms with Crippen LogP contribution >= 0.6 is 11.6 Å². The molecule has 1 atom stereocenters. The first-order chi connectivity index (χ1) is 10.4. The van der Waals surface area contributed by atoms with Crippen LogP contribution in [0.2, 0.25) is 5.02 Å². The van der Waals surface area contributed by atoms with Gasteiger partial charge in [0, 0.05) is 35.4 Å². The van der Waals surface area contributed by atoms with Gasteiger partial charge in [0.25, 0.3) is 0 Å². The molecule has 4 nitrogen and oxygen atoms in total. The maximum Gasteiger partial charge on any atom is 0.243 e. The first kappa shape index (κ1) is 16.5.